The topological polar surface area (TPSA) is 80.6 Å². The summed E-state index contributed by atoms with van der Waals surface area (Å²) in [5.74, 6) is 0. The molecule has 2 aromatic rings. The molecule has 2 aromatic carbocycles. The number of fused-ring (bicyclic) bond motifs is 3. The summed E-state index contributed by atoms with van der Waals surface area (Å²) in [7, 11) is 1.75. The van der Waals surface area contributed by atoms with Crippen LogP contribution in [0.1, 0.15) is 51.5 Å². The van der Waals surface area contributed by atoms with E-state index in [4.69, 9.17) is 34.5 Å². The average molecular weight is 438 g/mol. The Bertz CT molecular complexity index is 1180. The molecule has 1 unspecified atom stereocenters. The number of nitrogens with zero attached hydrogens (tertiary/aromatic N) is 2. The van der Waals surface area contributed by atoms with Gasteiger partial charge in [-0.3, -0.25) is 0 Å². The van der Waals surface area contributed by atoms with Crippen molar-refractivity contribution in [3.05, 3.63) is 58.1 Å². The van der Waals surface area contributed by atoms with Crippen LogP contribution in [0.5, 0.6) is 0 Å². The minimum Gasteiger partial charge on any atom is -0.465 e. The molecule has 5 rings (SSSR count). The standard InChI is InChI=1S/C25H26ClN3O2/c1-30-21-4-6-24(7-5-21)14-18-3-2-17(19-10-16(15-27)11-20(26)12-19)13-22(18)25(24)8-9-31-23(28)29-25/h2-3,10-13,21H,4-9,14H2,1H3,(H2,28,29)/t21-,24-,25?/i9D2. The van der Waals surface area contributed by atoms with Gasteiger partial charge in [-0.1, -0.05) is 23.7 Å². The Morgan fingerprint density at radius 2 is 2.03 bits per heavy atom. The Morgan fingerprint density at radius 3 is 2.74 bits per heavy atom. The van der Waals surface area contributed by atoms with E-state index in [-0.39, 0.29) is 24.0 Å². The average Bonchev–Trinajstić information content (AvgIpc) is 3.00. The van der Waals surface area contributed by atoms with E-state index >= 15 is 0 Å². The van der Waals surface area contributed by atoms with E-state index in [1.54, 1.807) is 13.2 Å². The van der Waals surface area contributed by atoms with Crippen molar-refractivity contribution in [1.29, 1.82) is 5.26 Å². The van der Waals surface area contributed by atoms with E-state index in [1.807, 2.05) is 18.2 Å². The summed E-state index contributed by atoms with van der Waals surface area (Å²) < 4.78 is 27.9. The molecule has 1 heterocycles. The van der Waals surface area contributed by atoms with Gasteiger partial charge < -0.3 is 15.2 Å². The second-order valence-corrected chi connectivity index (χ2v) is 9.27. The quantitative estimate of drug-likeness (QED) is 0.721. The zero-order valence-corrected chi connectivity index (χ0v) is 18.2. The number of methoxy groups -OCH3 is 1. The molecule has 0 aromatic heterocycles. The zero-order valence-electron chi connectivity index (χ0n) is 19.5. The third kappa shape index (κ3) is 3.21. The molecule has 0 amide bonds. The third-order valence-corrected chi connectivity index (χ3v) is 7.57. The van der Waals surface area contributed by atoms with Gasteiger partial charge in [-0.15, -0.1) is 0 Å². The van der Waals surface area contributed by atoms with Crippen LogP contribution in [0.4, 0.5) is 0 Å². The summed E-state index contributed by atoms with van der Waals surface area (Å²) in [5.41, 5.74) is 9.40. The predicted molar refractivity (Wildman–Crippen MR) is 121 cm³/mol. The molecule has 1 atom stereocenters. The lowest BCUT2D eigenvalue weighted by Crippen LogP contribution is -2.49. The van der Waals surface area contributed by atoms with Gasteiger partial charge in [-0.2, -0.15) is 5.26 Å². The number of hydrogen-bond donors (Lipinski definition) is 1. The van der Waals surface area contributed by atoms with Crippen molar-refractivity contribution in [1.82, 2.24) is 0 Å². The molecule has 1 aliphatic heterocycles. The lowest BCUT2D eigenvalue weighted by Gasteiger charge is -2.49. The highest BCUT2D eigenvalue weighted by Gasteiger charge is 2.59. The van der Waals surface area contributed by atoms with Crippen molar-refractivity contribution >= 4 is 17.6 Å². The predicted octanol–water partition coefficient (Wildman–Crippen LogP) is 4.94. The SMILES string of the molecule is [2H]C1([2H])CC2(N=C(N)O1)c1cc(-c3cc(Cl)cc(C#N)c3)ccc1C[C@]21CC[C@@H](OC)CC1. The summed E-state index contributed by atoms with van der Waals surface area (Å²) in [6, 6.07) is 13.6. The zero-order chi connectivity index (χ0) is 23.4. The Morgan fingerprint density at radius 1 is 1.23 bits per heavy atom. The van der Waals surface area contributed by atoms with Gasteiger partial charge in [-0.05, 0) is 78.6 Å². The van der Waals surface area contributed by atoms with Gasteiger partial charge in [0.1, 0.15) is 5.54 Å². The first-order valence-electron chi connectivity index (χ1n) is 11.6. The maximum atomic E-state index is 9.38. The van der Waals surface area contributed by atoms with Crippen molar-refractivity contribution in [3.63, 3.8) is 0 Å². The second-order valence-electron chi connectivity index (χ2n) is 8.84. The number of hydrogen-bond acceptors (Lipinski definition) is 5. The molecule has 160 valence electrons. The van der Waals surface area contributed by atoms with Crippen LogP contribution in [0.15, 0.2) is 41.4 Å². The van der Waals surface area contributed by atoms with E-state index in [1.165, 1.54) is 0 Å². The summed E-state index contributed by atoms with van der Waals surface area (Å²) in [6.45, 7) is -1.92. The normalized spacial score (nSPS) is 31.9. The van der Waals surface area contributed by atoms with Gasteiger partial charge in [-0.25, -0.2) is 4.99 Å². The van der Waals surface area contributed by atoms with Gasteiger partial charge in [0.15, 0.2) is 0 Å². The van der Waals surface area contributed by atoms with Crippen molar-refractivity contribution in [2.75, 3.05) is 13.7 Å². The first-order valence-corrected chi connectivity index (χ1v) is 11.0. The van der Waals surface area contributed by atoms with Crippen LogP contribution in [-0.4, -0.2) is 25.8 Å². The number of ether oxygens (including phenoxy) is 2. The van der Waals surface area contributed by atoms with Crippen LogP contribution in [0.2, 0.25) is 5.02 Å². The molecule has 1 fully saturated rings. The maximum Gasteiger partial charge on any atom is 0.282 e. The maximum absolute atomic E-state index is 9.38. The first kappa shape index (κ1) is 18.1. The number of aliphatic imine (C=N–C) groups is 1. The summed E-state index contributed by atoms with van der Waals surface area (Å²) in [4.78, 5) is 4.88. The third-order valence-electron chi connectivity index (χ3n) is 7.35. The fourth-order valence-corrected chi connectivity index (χ4v) is 6.04. The van der Waals surface area contributed by atoms with E-state index in [0.717, 1.165) is 54.4 Å². The summed E-state index contributed by atoms with van der Waals surface area (Å²) >= 11 is 6.27. The minimum absolute atomic E-state index is 0.104. The minimum atomic E-state index is -1.92. The highest BCUT2D eigenvalue weighted by atomic mass is 35.5. The molecule has 2 N–H and O–H groups in total. The smallest absolute Gasteiger partial charge is 0.282 e. The second kappa shape index (κ2) is 7.55. The Hall–Kier alpha value is -2.55. The molecule has 1 saturated carbocycles. The highest BCUT2D eigenvalue weighted by Crippen LogP contribution is 2.62. The number of halogens is 1. The first-order chi connectivity index (χ1) is 15.7. The molecule has 3 aliphatic rings. The van der Waals surface area contributed by atoms with Crippen molar-refractivity contribution in [3.8, 4) is 17.2 Å². The molecule has 5 nitrogen and oxygen atoms in total. The Labute approximate surface area is 190 Å². The van der Waals surface area contributed by atoms with Crippen molar-refractivity contribution in [2.24, 2.45) is 16.1 Å². The van der Waals surface area contributed by atoms with Crippen LogP contribution < -0.4 is 5.73 Å². The van der Waals surface area contributed by atoms with Crippen LogP contribution in [0.3, 0.4) is 0 Å². The van der Waals surface area contributed by atoms with Gasteiger partial charge >= 0.3 is 0 Å². The Balaban J connectivity index is 1.68. The van der Waals surface area contributed by atoms with Gasteiger partial charge in [0.25, 0.3) is 6.02 Å². The van der Waals surface area contributed by atoms with Gasteiger partial charge in [0, 0.05) is 24.0 Å². The van der Waals surface area contributed by atoms with Gasteiger partial charge in [0.05, 0.1) is 27.0 Å². The van der Waals surface area contributed by atoms with E-state index < -0.39 is 12.1 Å². The number of benzene rings is 2. The fraction of sp³-hybridized carbons (Fsp3) is 0.440. The molecule has 2 aliphatic carbocycles. The van der Waals surface area contributed by atoms with Crippen LogP contribution in [0, 0.1) is 16.7 Å². The number of amidine groups is 1. The number of nitrogens with two attached hydrogens (primary N) is 1. The van der Waals surface area contributed by atoms with Crippen LogP contribution in [0.25, 0.3) is 11.1 Å². The monoisotopic (exact) mass is 437 g/mol. The summed E-state index contributed by atoms with van der Waals surface area (Å²) in [5, 5.41) is 9.87. The van der Waals surface area contributed by atoms with E-state index in [9.17, 15) is 5.26 Å². The molecule has 2 spiro atoms. The molecule has 6 heteroatoms. The molecular weight excluding hydrogens is 410 g/mol. The molecule has 0 saturated heterocycles. The molecular formula is C25H26ClN3O2. The lowest BCUT2D eigenvalue weighted by molar-refractivity contribution is -0.0148. The lowest BCUT2D eigenvalue weighted by atomic mass is 9.60. The molecule has 0 bridgehead atoms. The van der Waals surface area contributed by atoms with E-state index in [0.29, 0.717) is 10.6 Å². The summed E-state index contributed by atoms with van der Waals surface area (Å²) in [6.07, 6.45) is 4.67. The fourth-order valence-electron chi connectivity index (χ4n) is 5.81. The van der Waals surface area contributed by atoms with Crippen LogP contribution >= 0.6 is 11.6 Å². The van der Waals surface area contributed by atoms with Crippen molar-refractivity contribution < 1.29 is 12.2 Å². The molecule has 0 radical (unpaired) electrons. The highest BCUT2D eigenvalue weighted by molar-refractivity contribution is 6.31. The van der Waals surface area contributed by atoms with Gasteiger partial charge in [0.2, 0.25) is 0 Å². The molecule has 31 heavy (non-hydrogen) atoms. The largest absolute Gasteiger partial charge is 0.465 e. The van der Waals surface area contributed by atoms with Crippen LogP contribution in [-0.2, 0) is 21.4 Å². The van der Waals surface area contributed by atoms with E-state index in [2.05, 4.69) is 18.2 Å². The Kier molecular flexibility index (Phi) is 4.40. The van der Waals surface area contributed by atoms with Crippen molar-refractivity contribution in [2.45, 2.75) is 50.2 Å². The number of rotatable bonds is 2. The number of nitriles is 1.